The summed E-state index contributed by atoms with van der Waals surface area (Å²) in [6.07, 6.45) is 0. The molecular weight excluding hydrogens is 459 g/mol. The first kappa shape index (κ1) is 23.4. The highest BCUT2D eigenvalue weighted by Gasteiger charge is 2.17. The van der Waals surface area contributed by atoms with E-state index in [1.165, 1.54) is 42.5 Å². The van der Waals surface area contributed by atoms with Gasteiger partial charge in [0.25, 0.3) is 15.9 Å². The number of amides is 1. The van der Waals surface area contributed by atoms with Gasteiger partial charge < -0.3 is 14.8 Å². The molecule has 0 atom stereocenters. The van der Waals surface area contributed by atoms with Gasteiger partial charge in [-0.2, -0.15) is 0 Å². The highest BCUT2D eigenvalue weighted by molar-refractivity contribution is 7.92. The first-order chi connectivity index (χ1) is 15.3. The van der Waals surface area contributed by atoms with Gasteiger partial charge in [-0.05, 0) is 73.7 Å². The predicted octanol–water partition coefficient (Wildman–Crippen LogP) is 4.70. The smallest absolute Gasteiger partial charge is 0.262 e. The lowest BCUT2D eigenvalue weighted by atomic mass is 10.3. The molecule has 0 spiro atoms. The van der Waals surface area contributed by atoms with Crippen LogP contribution < -0.4 is 19.5 Å². The minimum Gasteiger partial charge on any atom is -0.494 e. The van der Waals surface area contributed by atoms with Gasteiger partial charge in [-0.15, -0.1) is 0 Å². The van der Waals surface area contributed by atoms with Crippen LogP contribution in [-0.2, 0) is 14.8 Å². The zero-order valence-electron chi connectivity index (χ0n) is 17.0. The van der Waals surface area contributed by atoms with Gasteiger partial charge in [0.1, 0.15) is 17.3 Å². The molecule has 7 nitrogen and oxygen atoms in total. The predicted molar refractivity (Wildman–Crippen MR) is 120 cm³/mol. The van der Waals surface area contributed by atoms with E-state index in [9.17, 15) is 17.6 Å². The van der Waals surface area contributed by atoms with E-state index in [2.05, 4.69) is 10.0 Å². The van der Waals surface area contributed by atoms with Gasteiger partial charge in [-0.25, -0.2) is 12.8 Å². The molecule has 0 aromatic heterocycles. The molecular formula is C22H20ClFN2O5S. The van der Waals surface area contributed by atoms with Gasteiger partial charge in [0.15, 0.2) is 6.61 Å². The molecule has 0 saturated carbocycles. The maximum absolute atomic E-state index is 12.9. The van der Waals surface area contributed by atoms with Crippen molar-refractivity contribution in [1.29, 1.82) is 0 Å². The quantitative estimate of drug-likeness (QED) is 0.465. The van der Waals surface area contributed by atoms with Crippen molar-refractivity contribution >= 4 is 38.9 Å². The van der Waals surface area contributed by atoms with E-state index in [-0.39, 0.29) is 22.3 Å². The first-order valence-electron chi connectivity index (χ1n) is 9.50. The molecule has 0 radical (unpaired) electrons. The van der Waals surface area contributed by atoms with Crippen LogP contribution in [0.25, 0.3) is 0 Å². The van der Waals surface area contributed by atoms with Gasteiger partial charge >= 0.3 is 0 Å². The van der Waals surface area contributed by atoms with Crippen molar-refractivity contribution in [2.45, 2.75) is 11.8 Å². The molecule has 0 saturated heterocycles. The molecule has 10 heteroatoms. The summed E-state index contributed by atoms with van der Waals surface area (Å²) in [5, 5.41) is 2.57. The van der Waals surface area contributed by atoms with Gasteiger partial charge in [-0.1, -0.05) is 11.6 Å². The average molecular weight is 479 g/mol. The lowest BCUT2D eigenvalue weighted by molar-refractivity contribution is -0.118. The van der Waals surface area contributed by atoms with Crippen LogP contribution in [0.5, 0.6) is 11.5 Å². The summed E-state index contributed by atoms with van der Waals surface area (Å²) in [7, 11) is -3.89. The van der Waals surface area contributed by atoms with Crippen LogP contribution in [0.1, 0.15) is 6.92 Å². The van der Waals surface area contributed by atoms with Crippen molar-refractivity contribution < 1.29 is 27.1 Å². The van der Waals surface area contributed by atoms with E-state index in [0.717, 1.165) is 0 Å². The Hall–Kier alpha value is -3.30. The zero-order chi connectivity index (χ0) is 23.1. The highest BCUT2D eigenvalue weighted by atomic mass is 35.5. The Balaban J connectivity index is 1.61. The molecule has 1 amide bonds. The third kappa shape index (κ3) is 6.35. The molecule has 3 aromatic carbocycles. The standard InChI is InChI=1S/C22H20ClFN2O5S/c1-2-30-18-9-7-17(8-10-18)26-32(28,29)19-11-12-21(20(23)13-19)31-14-22(27)25-16-5-3-15(24)4-6-16/h3-13,26H,2,14H2,1H3,(H,25,27). The third-order valence-corrected chi connectivity index (χ3v) is 5.79. The molecule has 0 aliphatic heterocycles. The summed E-state index contributed by atoms with van der Waals surface area (Å²) in [6, 6.07) is 15.6. The van der Waals surface area contributed by atoms with Crippen LogP contribution >= 0.6 is 11.6 Å². The van der Waals surface area contributed by atoms with Crippen LogP contribution in [0, 0.1) is 5.82 Å². The molecule has 0 aliphatic rings. The fourth-order valence-corrected chi connectivity index (χ4v) is 4.02. The minimum atomic E-state index is -3.89. The van der Waals surface area contributed by atoms with Gasteiger partial charge in [0, 0.05) is 11.4 Å². The van der Waals surface area contributed by atoms with Crippen LogP contribution in [0.15, 0.2) is 71.6 Å². The second-order valence-electron chi connectivity index (χ2n) is 6.50. The van der Waals surface area contributed by atoms with Crippen LogP contribution in [0.2, 0.25) is 5.02 Å². The first-order valence-corrected chi connectivity index (χ1v) is 11.4. The Labute approximate surface area is 190 Å². The number of hydrogen-bond donors (Lipinski definition) is 2. The van der Waals surface area contributed by atoms with E-state index in [1.54, 1.807) is 24.3 Å². The van der Waals surface area contributed by atoms with E-state index in [1.807, 2.05) is 6.92 Å². The lowest BCUT2D eigenvalue weighted by Gasteiger charge is -2.12. The normalized spacial score (nSPS) is 11.0. The van der Waals surface area contributed by atoms with Crippen molar-refractivity contribution in [3.63, 3.8) is 0 Å². The second kappa shape index (κ2) is 10.3. The molecule has 32 heavy (non-hydrogen) atoms. The fraction of sp³-hybridized carbons (Fsp3) is 0.136. The van der Waals surface area contributed by atoms with Crippen molar-refractivity contribution in [2.75, 3.05) is 23.3 Å². The Kier molecular flexibility index (Phi) is 7.55. The molecule has 0 fully saturated rings. The van der Waals surface area contributed by atoms with Crippen molar-refractivity contribution in [2.24, 2.45) is 0 Å². The summed E-state index contributed by atoms with van der Waals surface area (Å²) in [5.74, 6) is -0.135. The number of ether oxygens (including phenoxy) is 2. The number of hydrogen-bond acceptors (Lipinski definition) is 5. The zero-order valence-corrected chi connectivity index (χ0v) is 18.5. The van der Waals surface area contributed by atoms with Crippen LogP contribution in [0.4, 0.5) is 15.8 Å². The third-order valence-electron chi connectivity index (χ3n) is 4.12. The highest BCUT2D eigenvalue weighted by Crippen LogP contribution is 2.28. The molecule has 2 N–H and O–H groups in total. The number of benzene rings is 3. The number of halogens is 2. The number of nitrogens with one attached hydrogen (secondary N) is 2. The maximum Gasteiger partial charge on any atom is 0.262 e. The summed E-state index contributed by atoms with van der Waals surface area (Å²) >= 11 is 6.15. The Morgan fingerprint density at radius 3 is 2.25 bits per heavy atom. The SMILES string of the molecule is CCOc1ccc(NS(=O)(=O)c2ccc(OCC(=O)Nc3ccc(F)cc3)c(Cl)c2)cc1. The van der Waals surface area contributed by atoms with E-state index in [4.69, 9.17) is 21.1 Å². The molecule has 0 bridgehead atoms. The van der Waals surface area contributed by atoms with Gasteiger partial charge in [-0.3, -0.25) is 9.52 Å². The van der Waals surface area contributed by atoms with Gasteiger partial charge in [0.05, 0.1) is 16.5 Å². The molecule has 3 rings (SSSR count). The molecule has 168 valence electrons. The topological polar surface area (TPSA) is 93.7 Å². The number of sulfonamides is 1. The van der Waals surface area contributed by atoms with Crippen LogP contribution in [-0.4, -0.2) is 27.5 Å². The minimum absolute atomic E-state index is 0.0224. The Morgan fingerprint density at radius 1 is 0.969 bits per heavy atom. The van der Waals surface area contributed by atoms with E-state index < -0.39 is 21.7 Å². The van der Waals surface area contributed by atoms with E-state index >= 15 is 0 Å². The number of carbonyl (C=O) groups excluding carboxylic acids is 1. The number of anilines is 2. The molecule has 3 aromatic rings. The van der Waals surface area contributed by atoms with Crippen molar-refractivity contribution in [3.05, 3.63) is 77.6 Å². The van der Waals surface area contributed by atoms with Crippen LogP contribution in [0.3, 0.4) is 0 Å². The average Bonchev–Trinajstić information content (AvgIpc) is 2.76. The summed E-state index contributed by atoms with van der Waals surface area (Å²) < 4.78 is 51.3. The molecule has 0 heterocycles. The summed E-state index contributed by atoms with van der Waals surface area (Å²) in [4.78, 5) is 11.9. The van der Waals surface area contributed by atoms with Crippen molar-refractivity contribution in [3.8, 4) is 11.5 Å². The van der Waals surface area contributed by atoms with Gasteiger partial charge in [0.2, 0.25) is 0 Å². The Bertz CT molecular complexity index is 1190. The Morgan fingerprint density at radius 2 is 1.62 bits per heavy atom. The number of carbonyl (C=O) groups is 1. The lowest BCUT2D eigenvalue weighted by Crippen LogP contribution is -2.20. The monoisotopic (exact) mass is 478 g/mol. The number of rotatable bonds is 9. The fourth-order valence-electron chi connectivity index (χ4n) is 2.64. The van der Waals surface area contributed by atoms with Crippen molar-refractivity contribution in [1.82, 2.24) is 0 Å². The summed E-state index contributed by atoms with van der Waals surface area (Å²) in [6.45, 7) is 1.99. The molecule has 0 aliphatic carbocycles. The van der Waals surface area contributed by atoms with E-state index in [0.29, 0.717) is 23.7 Å². The largest absolute Gasteiger partial charge is 0.494 e. The molecule has 0 unspecified atom stereocenters. The second-order valence-corrected chi connectivity index (χ2v) is 8.59. The maximum atomic E-state index is 12.9. The summed E-state index contributed by atoms with van der Waals surface area (Å²) in [5.41, 5.74) is 0.773.